The number of nitrogens with zero attached hydrogens (tertiary/aromatic N) is 2. The molecule has 0 bridgehead atoms. The van der Waals surface area contributed by atoms with E-state index in [-0.39, 0.29) is 18.8 Å². The lowest BCUT2D eigenvalue weighted by Gasteiger charge is -2.07. The standard InChI is InChI=1S/C17H18N2O5S/c20-14-8-4-6-12-18(14)23-16(21)10-2-1-3-11-17(22)24-19-13-7-5-9-15(19)25/h4-9,12-13H,1-3,10-11H2. The summed E-state index contributed by atoms with van der Waals surface area (Å²) >= 11 is 5.03. The molecule has 0 amide bonds. The van der Waals surface area contributed by atoms with E-state index >= 15 is 0 Å². The first-order chi connectivity index (χ1) is 12.1. The highest BCUT2D eigenvalue weighted by molar-refractivity contribution is 7.71. The molecular formula is C17H18N2O5S. The summed E-state index contributed by atoms with van der Waals surface area (Å²) in [5.74, 6) is -0.882. The Bertz CT molecular complexity index is 773. The molecule has 0 radical (unpaired) electrons. The van der Waals surface area contributed by atoms with Crippen molar-refractivity contribution in [2.24, 2.45) is 0 Å². The lowest BCUT2D eigenvalue weighted by atomic mass is 10.1. The first-order valence-corrected chi connectivity index (χ1v) is 8.25. The van der Waals surface area contributed by atoms with Crippen molar-refractivity contribution in [2.75, 3.05) is 0 Å². The van der Waals surface area contributed by atoms with Gasteiger partial charge in [-0.1, -0.05) is 30.8 Å². The second kappa shape index (κ2) is 9.53. The summed E-state index contributed by atoms with van der Waals surface area (Å²) < 4.78 is 2.55. The molecule has 132 valence electrons. The molecule has 0 aromatic carbocycles. The van der Waals surface area contributed by atoms with Gasteiger partial charge in [0.25, 0.3) is 5.56 Å². The molecule has 2 heterocycles. The number of unbranched alkanes of at least 4 members (excludes halogenated alkanes) is 2. The fourth-order valence-corrected chi connectivity index (χ4v) is 2.18. The van der Waals surface area contributed by atoms with E-state index in [9.17, 15) is 14.4 Å². The van der Waals surface area contributed by atoms with Gasteiger partial charge in [-0.05, 0) is 31.0 Å². The molecule has 0 saturated heterocycles. The van der Waals surface area contributed by atoms with Crippen LogP contribution in [0.15, 0.2) is 53.6 Å². The lowest BCUT2D eigenvalue weighted by molar-refractivity contribution is -0.145. The van der Waals surface area contributed by atoms with Gasteiger partial charge in [0.2, 0.25) is 0 Å². The smallest absolute Gasteiger partial charge is 0.333 e. The zero-order chi connectivity index (χ0) is 18.1. The molecule has 0 aliphatic carbocycles. The van der Waals surface area contributed by atoms with Crippen LogP contribution >= 0.6 is 12.2 Å². The van der Waals surface area contributed by atoms with Crippen LogP contribution in [-0.2, 0) is 9.59 Å². The van der Waals surface area contributed by atoms with Crippen molar-refractivity contribution < 1.29 is 19.3 Å². The van der Waals surface area contributed by atoms with Crippen LogP contribution in [0.1, 0.15) is 32.1 Å². The first-order valence-electron chi connectivity index (χ1n) is 7.84. The minimum atomic E-state index is -0.494. The molecule has 0 saturated carbocycles. The second-order valence-electron chi connectivity index (χ2n) is 5.22. The van der Waals surface area contributed by atoms with Crippen molar-refractivity contribution in [2.45, 2.75) is 32.1 Å². The number of hydrogen-bond acceptors (Lipinski definition) is 6. The molecule has 0 atom stereocenters. The van der Waals surface area contributed by atoms with E-state index in [0.717, 1.165) is 4.73 Å². The van der Waals surface area contributed by atoms with Crippen molar-refractivity contribution in [1.82, 2.24) is 9.46 Å². The van der Waals surface area contributed by atoms with Crippen molar-refractivity contribution in [1.29, 1.82) is 0 Å². The number of hydrogen-bond donors (Lipinski definition) is 0. The number of rotatable bonds is 8. The molecule has 2 aromatic heterocycles. The topological polar surface area (TPSA) is 79.5 Å². The van der Waals surface area contributed by atoms with Gasteiger partial charge in [0.05, 0.1) is 0 Å². The molecule has 0 fully saturated rings. The van der Waals surface area contributed by atoms with E-state index in [2.05, 4.69) is 0 Å². The molecule has 0 aliphatic heterocycles. The monoisotopic (exact) mass is 362 g/mol. The Kier molecular flexibility index (Phi) is 7.09. The minimum absolute atomic E-state index is 0.167. The van der Waals surface area contributed by atoms with Gasteiger partial charge in [-0.15, -0.1) is 4.73 Å². The van der Waals surface area contributed by atoms with Gasteiger partial charge < -0.3 is 9.68 Å². The van der Waals surface area contributed by atoms with E-state index in [1.807, 2.05) is 0 Å². The van der Waals surface area contributed by atoms with Gasteiger partial charge in [0.1, 0.15) is 4.64 Å². The molecule has 25 heavy (non-hydrogen) atoms. The fraction of sp³-hybridized carbons (Fsp3) is 0.294. The van der Waals surface area contributed by atoms with Crippen LogP contribution in [0.5, 0.6) is 0 Å². The summed E-state index contributed by atoms with van der Waals surface area (Å²) in [7, 11) is 0. The summed E-state index contributed by atoms with van der Waals surface area (Å²) in [6.45, 7) is 0. The molecule has 0 N–H and O–H groups in total. The summed E-state index contributed by atoms with van der Waals surface area (Å²) in [6, 6.07) is 9.60. The SMILES string of the molecule is O=C(CCCCCC(=O)On1ccccc1=S)On1ccccc1=O. The average molecular weight is 362 g/mol. The largest absolute Gasteiger partial charge is 0.336 e. The van der Waals surface area contributed by atoms with Gasteiger partial charge in [0, 0.05) is 31.3 Å². The predicted octanol–water partition coefficient (Wildman–Crippen LogP) is 1.94. The highest BCUT2D eigenvalue weighted by atomic mass is 32.1. The number of carbonyl (C=O) groups excluding carboxylic acids is 2. The van der Waals surface area contributed by atoms with E-state index in [4.69, 9.17) is 21.9 Å². The van der Waals surface area contributed by atoms with Gasteiger partial charge in [-0.2, -0.15) is 4.73 Å². The van der Waals surface area contributed by atoms with Crippen LogP contribution in [-0.4, -0.2) is 21.4 Å². The zero-order valence-corrected chi connectivity index (χ0v) is 14.3. The Balaban J connectivity index is 1.63. The maximum absolute atomic E-state index is 11.7. The van der Waals surface area contributed by atoms with Crippen molar-refractivity contribution in [3.63, 3.8) is 0 Å². The molecule has 0 spiro atoms. The Morgan fingerprint density at radius 1 is 0.840 bits per heavy atom. The van der Waals surface area contributed by atoms with Crippen LogP contribution in [0.25, 0.3) is 0 Å². The third-order valence-corrected chi connectivity index (χ3v) is 3.56. The van der Waals surface area contributed by atoms with Gasteiger partial charge in [0.15, 0.2) is 0 Å². The van der Waals surface area contributed by atoms with E-state index in [1.165, 1.54) is 17.0 Å². The van der Waals surface area contributed by atoms with Crippen molar-refractivity contribution in [3.8, 4) is 0 Å². The Morgan fingerprint density at radius 3 is 2.00 bits per heavy atom. The highest BCUT2D eigenvalue weighted by Gasteiger charge is 2.07. The molecule has 2 rings (SSSR count). The summed E-state index contributed by atoms with van der Waals surface area (Å²) in [5.41, 5.74) is -0.405. The number of carbonyl (C=O) groups is 2. The third kappa shape index (κ3) is 6.34. The Labute approximate surface area is 149 Å². The van der Waals surface area contributed by atoms with E-state index in [1.54, 1.807) is 36.5 Å². The predicted molar refractivity (Wildman–Crippen MR) is 92.2 cm³/mol. The fourth-order valence-electron chi connectivity index (χ4n) is 2.00. The summed E-state index contributed by atoms with van der Waals surface area (Å²) in [5, 5.41) is 0. The van der Waals surface area contributed by atoms with Crippen LogP contribution in [0.3, 0.4) is 0 Å². The molecule has 2 aromatic rings. The first kappa shape index (κ1) is 18.6. The van der Waals surface area contributed by atoms with Crippen LogP contribution < -0.4 is 15.2 Å². The van der Waals surface area contributed by atoms with Gasteiger partial charge in [-0.25, -0.2) is 9.59 Å². The lowest BCUT2D eigenvalue weighted by Crippen LogP contribution is -2.29. The molecule has 0 unspecified atom stereocenters. The molecular weight excluding hydrogens is 344 g/mol. The normalized spacial score (nSPS) is 10.2. The van der Waals surface area contributed by atoms with Crippen LogP contribution in [0.2, 0.25) is 0 Å². The van der Waals surface area contributed by atoms with Gasteiger partial charge >= 0.3 is 11.9 Å². The third-order valence-electron chi connectivity index (χ3n) is 3.24. The molecule has 7 nitrogen and oxygen atoms in total. The van der Waals surface area contributed by atoms with Gasteiger partial charge in [-0.3, -0.25) is 4.79 Å². The quantitative estimate of drug-likeness (QED) is 0.527. The molecule has 8 heteroatoms. The second-order valence-corrected chi connectivity index (χ2v) is 5.63. The Hall–Kier alpha value is -2.74. The van der Waals surface area contributed by atoms with Crippen molar-refractivity contribution in [3.05, 3.63) is 63.8 Å². The average Bonchev–Trinajstić information content (AvgIpc) is 2.59. The van der Waals surface area contributed by atoms with Crippen LogP contribution in [0.4, 0.5) is 0 Å². The number of aromatic nitrogens is 2. The maximum Gasteiger partial charge on any atom is 0.333 e. The number of pyridine rings is 2. The molecule has 0 aliphatic rings. The summed E-state index contributed by atoms with van der Waals surface area (Å²) in [4.78, 5) is 44.8. The zero-order valence-electron chi connectivity index (χ0n) is 13.5. The van der Waals surface area contributed by atoms with Crippen molar-refractivity contribution >= 4 is 24.2 Å². The van der Waals surface area contributed by atoms with Crippen LogP contribution in [0, 0.1) is 4.64 Å². The minimum Gasteiger partial charge on any atom is -0.336 e. The highest BCUT2D eigenvalue weighted by Crippen LogP contribution is 2.04. The Morgan fingerprint density at radius 2 is 1.40 bits per heavy atom. The summed E-state index contributed by atoms with van der Waals surface area (Å²) in [6.07, 6.45) is 5.14. The van der Waals surface area contributed by atoms with E-state index in [0.29, 0.717) is 23.9 Å². The maximum atomic E-state index is 11.7. The van der Waals surface area contributed by atoms with E-state index < -0.39 is 11.5 Å².